The van der Waals surface area contributed by atoms with Gasteiger partial charge in [-0.2, -0.15) is 18.4 Å². The SMILES string of the molecule is N#Cc1cc(C(F)(F)F)ccc1N1C[C@@H]2COCC[C@]2(C(N)=O)C1. The van der Waals surface area contributed by atoms with E-state index in [4.69, 9.17) is 10.5 Å². The van der Waals surface area contributed by atoms with Gasteiger partial charge in [0.25, 0.3) is 0 Å². The molecule has 0 aliphatic carbocycles. The summed E-state index contributed by atoms with van der Waals surface area (Å²) >= 11 is 0. The van der Waals surface area contributed by atoms with E-state index in [2.05, 4.69) is 0 Å². The molecule has 2 aliphatic heterocycles. The number of fused-ring (bicyclic) bond motifs is 1. The number of halogens is 3. The van der Waals surface area contributed by atoms with Crippen LogP contribution in [0.25, 0.3) is 0 Å². The number of hydrogen-bond acceptors (Lipinski definition) is 4. The lowest BCUT2D eigenvalue weighted by Gasteiger charge is -2.35. The minimum atomic E-state index is -4.51. The quantitative estimate of drug-likeness (QED) is 0.893. The van der Waals surface area contributed by atoms with E-state index in [1.54, 1.807) is 4.90 Å². The molecule has 2 saturated heterocycles. The van der Waals surface area contributed by atoms with Gasteiger partial charge in [0, 0.05) is 25.6 Å². The van der Waals surface area contributed by atoms with Crippen molar-refractivity contribution in [3.63, 3.8) is 0 Å². The number of alkyl halides is 3. The molecule has 0 aromatic heterocycles. The summed E-state index contributed by atoms with van der Waals surface area (Å²) in [5.41, 5.74) is 4.30. The Morgan fingerprint density at radius 3 is 2.79 bits per heavy atom. The lowest BCUT2D eigenvalue weighted by molar-refractivity contribution is -0.137. The predicted octanol–water partition coefficient (Wildman–Crippen LogP) is 1.91. The van der Waals surface area contributed by atoms with Crippen LogP contribution >= 0.6 is 0 Å². The number of benzene rings is 1. The zero-order valence-electron chi connectivity index (χ0n) is 12.8. The summed E-state index contributed by atoms with van der Waals surface area (Å²) in [5, 5.41) is 9.24. The standard InChI is InChI=1S/C16H16F3N3O2/c17-16(18,19)11-1-2-13(10(5-11)6-20)22-7-12-8-24-4-3-15(12,9-22)14(21)23/h1-2,5,12H,3-4,7-9H2,(H2,21,23)/t12-,15+/m1/s1. The van der Waals surface area contributed by atoms with Gasteiger partial charge in [-0.1, -0.05) is 0 Å². The Kier molecular flexibility index (Phi) is 3.92. The van der Waals surface area contributed by atoms with Crippen molar-refractivity contribution in [1.29, 1.82) is 5.26 Å². The van der Waals surface area contributed by atoms with Gasteiger partial charge in [-0.3, -0.25) is 4.79 Å². The van der Waals surface area contributed by atoms with Crippen LogP contribution in [0, 0.1) is 22.7 Å². The summed E-state index contributed by atoms with van der Waals surface area (Å²) in [6.45, 7) is 1.51. The van der Waals surface area contributed by atoms with Crippen LogP contribution in [-0.2, 0) is 15.7 Å². The highest BCUT2D eigenvalue weighted by Crippen LogP contribution is 2.44. The van der Waals surface area contributed by atoms with Crippen LogP contribution in [-0.4, -0.2) is 32.2 Å². The van der Waals surface area contributed by atoms with Gasteiger partial charge >= 0.3 is 6.18 Å². The van der Waals surface area contributed by atoms with Gasteiger partial charge in [0.1, 0.15) is 6.07 Å². The molecule has 3 rings (SSSR count). The van der Waals surface area contributed by atoms with Gasteiger partial charge in [0.2, 0.25) is 5.91 Å². The molecule has 2 fully saturated rings. The first-order valence-corrected chi connectivity index (χ1v) is 7.52. The first-order valence-electron chi connectivity index (χ1n) is 7.52. The number of anilines is 1. The van der Waals surface area contributed by atoms with Gasteiger partial charge in [-0.15, -0.1) is 0 Å². The molecule has 1 aromatic rings. The van der Waals surface area contributed by atoms with Crippen LogP contribution in [0.2, 0.25) is 0 Å². The van der Waals surface area contributed by atoms with Crippen LogP contribution < -0.4 is 10.6 Å². The summed E-state index contributed by atoms with van der Waals surface area (Å²) in [6, 6.07) is 4.89. The Morgan fingerprint density at radius 1 is 1.46 bits per heavy atom. The highest BCUT2D eigenvalue weighted by molar-refractivity contribution is 5.83. The van der Waals surface area contributed by atoms with E-state index >= 15 is 0 Å². The lowest BCUT2D eigenvalue weighted by atomic mass is 9.74. The van der Waals surface area contributed by atoms with Gasteiger partial charge < -0.3 is 15.4 Å². The molecule has 2 atom stereocenters. The maximum absolute atomic E-state index is 12.8. The monoisotopic (exact) mass is 339 g/mol. The Balaban J connectivity index is 1.96. The van der Waals surface area contributed by atoms with E-state index in [1.807, 2.05) is 6.07 Å². The van der Waals surface area contributed by atoms with Gasteiger partial charge in [0.15, 0.2) is 0 Å². The zero-order valence-corrected chi connectivity index (χ0v) is 12.8. The van der Waals surface area contributed by atoms with E-state index in [9.17, 15) is 23.2 Å². The number of carbonyl (C=O) groups is 1. The van der Waals surface area contributed by atoms with Crippen molar-refractivity contribution < 1.29 is 22.7 Å². The fourth-order valence-electron chi connectivity index (χ4n) is 3.61. The molecule has 0 saturated carbocycles. The van der Waals surface area contributed by atoms with Crippen molar-refractivity contribution in [2.24, 2.45) is 17.1 Å². The third-order valence-electron chi connectivity index (χ3n) is 4.98. The van der Waals surface area contributed by atoms with E-state index in [0.29, 0.717) is 31.9 Å². The summed E-state index contributed by atoms with van der Waals surface area (Å²) < 4.78 is 43.9. The maximum Gasteiger partial charge on any atom is 0.416 e. The fraction of sp³-hybridized carbons (Fsp3) is 0.500. The third kappa shape index (κ3) is 2.59. The number of hydrogen-bond donors (Lipinski definition) is 1. The molecular weight excluding hydrogens is 323 g/mol. The van der Waals surface area contributed by atoms with Crippen molar-refractivity contribution in [2.75, 3.05) is 31.2 Å². The number of rotatable bonds is 2. The van der Waals surface area contributed by atoms with E-state index < -0.39 is 23.1 Å². The average molecular weight is 339 g/mol. The zero-order chi connectivity index (χ0) is 17.5. The lowest BCUT2D eigenvalue weighted by Crippen LogP contribution is -2.48. The molecule has 1 amide bonds. The Morgan fingerprint density at radius 2 is 2.21 bits per heavy atom. The maximum atomic E-state index is 12.8. The number of amides is 1. The van der Waals surface area contributed by atoms with Gasteiger partial charge in [-0.25, -0.2) is 0 Å². The topological polar surface area (TPSA) is 79.3 Å². The van der Waals surface area contributed by atoms with Crippen molar-refractivity contribution in [1.82, 2.24) is 0 Å². The second-order valence-corrected chi connectivity index (χ2v) is 6.26. The van der Waals surface area contributed by atoms with Crippen molar-refractivity contribution in [2.45, 2.75) is 12.6 Å². The molecule has 0 radical (unpaired) electrons. The second kappa shape index (κ2) is 5.67. The summed E-state index contributed by atoms with van der Waals surface area (Å²) in [5.74, 6) is -0.554. The number of nitrogens with zero attached hydrogens (tertiary/aromatic N) is 2. The summed E-state index contributed by atoms with van der Waals surface area (Å²) in [6.07, 6.45) is -4.03. The Hall–Kier alpha value is -2.27. The molecule has 2 N–H and O–H groups in total. The smallest absolute Gasteiger partial charge is 0.381 e. The van der Waals surface area contributed by atoms with Gasteiger partial charge in [-0.05, 0) is 24.6 Å². The molecule has 0 bridgehead atoms. The number of nitriles is 1. The van der Waals surface area contributed by atoms with E-state index in [-0.39, 0.29) is 18.0 Å². The third-order valence-corrected chi connectivity index (χ3v) is 4.98. The van der Waals surface area contributed by atoms with E-state index in [1.165, 1.54) is 6.07 Å². The van der Waals surface area contributed by atoms with Crippen LogP contribution in [0.1, 0.15) is 17.5 Å². The average Bonchev–Trinajstić information content (AvgIpc) is 2.94. The van der Waals surface area contributed by atoms with Gasteiger partial charge in [0.05, 0.1) is 28.8 Å². The number of nitrogens with two attached hydrogens (primary N) is 1. The summed E-state index contributed by atoms with van der Waals surface area (Å²) in [7, 11) is 0. The first-order chi connectivity index (χ1) is 11.3. The van der Waals surface area contributed by atoms with Crippen LogP contribution in [0.4, 0.5) is 18.9 Å². The first kappa shape index (κ1) is 16.6. The van der Waals surface area contributed by atoms with Crippen LogP contribution in [0.5, 0.6) is 0 Å². The highest BCUT2D eigenvalue weighted by atomic mass is 19.4. The molecule has 1 aromatic carbocycles. The number of carbonyl (C=O) groups excluding carboxylic acids is 1. The van der Waals surface area contributed by atoms with E-state index in [0.717, 1.165) is 12.1 Å². The van der Waals surface area contributed by atoms with Crippen LogP contribution in [0.3, 0.4) is 0 Å². The number of primary amides is 1. The molecule has 0 spiro atoms. The minimum absolute atomic E-state index is 0.0657. The number of ether oxygens (including phenoxy) is 1. The molecule has 2 aliphatic rings. The normalized spacial score (nSPS) is 26.8. The second-order valence-electron chi connectivity index (χ2n) is 6.26. The van der Waals surface area contributed by atoms with Crippen molar-refractivity contribution in [3.05, 3.63) is 29.3 Å². The molecule has 24 heavy (non-hydrogen) atoms. The molecule has 5 nitrogen and oxygen atoms in total. The molecule has 8 heteroatoms. The van der Waals surface area contributed by atoms with Crippen molar-refractivity contribution >= 4 is 11.6 Å². The van der Waals surface area contributed by atoms with Crippen LogP contribution in [0.15, 0.2) is 18.2 Å². The molecule has 2 heterocycles. The molecular formula is C16H16F3N3O2. The predicted molar refractivity (Wildman–Crippen MR) is 78.9 cm³/mol. The Bertz CT molecular complexity index is 713. The Labute approximate surface area is 136 Å². The fourth-order valence-corrected chi connectivity index (χ4v) is 3.61. The van der Waals surface area contributed by atoms with Crippen molar-refractivity contribution in [3.8, 4) is 6.07 Å². The molecule has 0 unspecified atom stereocenters. The summed E-state index contributed by atoms with van der Waals surface area (Å²) in [4.78, 5) is 13.8. The largest absolute Gasteiger partial charge is 0.416 e. The minimum Gasteiger partial charge on any atom is -0.381 e. The highest BCUT2D eigenvalue weighted by Gasteiger charge is 2.53. The molecule has 128 valence electrons.